The van der Waals surface area contributed by atoms with Gasteiger partial charge in [0.2, 0.25) is 0 Å². The zero-order valence-electron chi connectivity index (χ0n) is 16.8. The molecule has 0 amide bonds. The molecule has 0 heterocycles. The smallest absolute Gasteiger partial charge is 0.343 e. The molecule has 0 saturated carbocycles. The molecular formula is C23H26O6. The zero-order chi connectivity index (χ0) is 21.1. The molecule has 0 aliphatic heterocycles. The Kier molecular flexibility index (Phi) is 8.76. The Hall–Kier alpha value is -3.28. The summed E-state index contributed by atoms with van der Waals surface area (Å²) in [5.74, 6) is 1.07. The fourth-order valence-corrected chi connectivity index (χ4v) is 2.53. The molecule has 0 N–H and O–H groups in total. The van der Waals surface area contributed by atoms with Crippen molar-refractivity contribution < 1.29 is 28.5 Å². The van der Waals surface area contributed by atoms with E-state index in [0.717, 1.165) is 23.8 Å². The van der Waals surface area contributed by atoms with E-state index < -0.39 is 11.9 Å². The van der Waals surface area contributed by atoms with Gasteiger partial charge in [0, 0.05) is 12.5 Å². The first-order chi connectivity index (χ1) is 14.0. The lowest BCUT2D eigenvalue weighted by molar-refractivity contribution is -0.137. The van der Waals surface area contributed by atoms with Crippen molar-refractivity contribution in [1.29, 1.82) is 0 Å². The topological polar surface area (TPSA) is 71.1 Å². The zero-order valence-corrected chi connectivity index (χ0v) is 16.8. The van der Waals surface area contributed by atoms with Gasteiger partial charge in [0.15, 0.2) is 0 Å². The first kappa shape index (κ1) is 22.0. The number of carbonyl (C=O) groups excluding carboxylic acids is 2. The van der Waals surface area contributed by atoms with E-state index in [1.165, 1.54) is 0 Å². The monoisotopic (exact) mass is 398 g/mol. The van der Waals surface area contributed by atoms with Crippen LogP contribution in [0.2, 0.25) is 0 Å². The summed E-state index contributed by atoms with van der Waals surface area (Å²) < 4.78 is 21.2. The third kappa shape index (κ3) is 7.70. The van der Waals surface area contributed by atoms with Gasteiger partial charge in [0.25, 0.3) is 0 Å². The first-order valence-corrected chi connectivity index (χ1v) is 9.38. The minimum Gasteiger partial charge on any atom is -0.501 e. The predicted molar refractivity (Wildman–Crippen MR) is 109 cm³/mol. The van der Waals surface area contributed by atoms with Crippen LogP contribution in [0.25, 0.3) is 0 Å². The van der Waals surface area contributed by atoms with E-state index in [2.05, 4.69) is 6.58 Å². The quantitative estimate of drug-likeness (QED) is 0.328. The molecule has 1 aromatic carbocycles. The van der Waals surface area contributed by atoms with Gasteiger partial charge in [-0.15, -0.1) is 0 Å². The second-order valence-electron chi connectivity index (χ2n) is 6.41. The van der Waals surface area contributed by atoms with Crippen LogP contribution in [-0.4, -0.2) is 32.3 Å². The summed E-state index contributed by atoms with van der Waals surface area (Å²) >= 11 is 0. The van der Waals surface area contributed by atoms with E-state index in [1.807, 2.05) is 13.0 Å². The molecule has 0 saturated heterocycles. The Morgan fingerprint density at radius 1 is 1.10 bits per heavy atom. The molecule has 1 aromatic rings. The number of hydrogen-bond acceptors (Lipinski definition) is 6. The minimum absolute atomic E-state index is 0.337. The number of hydrogen-bond donors (Lipinski definition) is 0. The summed E-state index contributed by atoms with van der Waals surface area (Å²) in [5, 5.41) is 0. The van der Waals surface area contributed by atoms with Crippen molar-refractivity contribution in [2.75, 3.05) is 20.3 Å². The fraction of sp³-hybridized carbons (Fsp3) is 0.304. The summed E-state index contributed by atoms with van der Waals surface area (Å²) in [6, 6.07) is 6.77. The van der Waals surface area contributed by atoms with Crippen molar-refractivity contribution in [3.8, 4) is 5.75 Å². The summed E-state index contributed by atoms with van der Waals surface area (Å²) in [4.78, 5) is 23.3. The second-order valence-corrected chi connectivity index (χ2v) is 6.41. The number of rotatable bonds is 10. The first-order valence-electron chi connectivity index (χ1n) is 9.38. The molecule has 1 aliphatic rings. The molecule has 0 fully saturated rings. The van der Waals surface area contributed by atoms with Gasteiger partial charge in [0.1, 0.15) is 11.5 Å². The normalized spacial score (nSPS) is 13.2. The van der Waals surface area contributed by atoms with Crippen LogP contribution in [0.3, 0.4) is 0 Å². The van der Waals surface area contributed by atoms with Gasteiger partial charge in [-0.1, -0.05) is 12.2 Å². The summed E-state index contributed by atoms with van der Waals surface area (Å²) in [6.45, 7) is 6.11. The highest BCUT2D eigenvalue weighted by molar-refractivity contribution is 5.90. The molecule has 0 bridgehead atoms. The van der Waals surface area contributed by atoms with Crippen LogP contribution in [0.5, 0.6) is 5.75 Å². The van der Waals surface area contributed by atoms with E-state index in [9.17, 15) is 9.59 Å². The van der Waals surface area contributed by atoms with Gasteiger partial charge in [-0.2, -0.15) is 0 Å². The van der Waals surface area contributed by atoms with Gasteiger partial charge < -0.3 is 18.9 Å². The molecule has 6 heteroatoms. The van der Waals surface area contributed by atoms with Gasteiger partial charge >= 0.3 is 11.9 Å². The average molecular weight is 398 g/mol. The Morgan fingerprint density at radius 3 is 2.52 bits per heavy atom. The number of ether oxygens (including phenoxy) is 4. The summed E-state index contributed by atoms with van der Waals surface area (Å²) in [7, 11) is 1.62. The fourth-order valence-electron chi connectivity index (χ4n) is 2.53. The minimum atomic E-state index is -0.440. The third-order valence-electron chi connectivity index (χ3n) is 4.06. The Balaban J connectivity index is 1.80. The van der Waals surface area contributed by atoms with Gasteiger partial charge in [-0.3, -0.25) is 0 Å². The number of unbranched alkanes of at least 4 members (excludes halogenated alkanes) is 1. The van der Waals surface area contributed by atoms with Crippen LogP contribution in [0.1, 0.15) is 36.5 Å². The number of methoxy groups -OCH3 is 1. The maximum atomic E-state index is 12.4. The van der Waals surface area contributed by atoms with Gasteiger partial charge in [0.05, 0.1) is 31.6 Å². The number of carbonyl (C=O) groups is 2. The van der Waals surface area contributed by atoms with Crippen molar-refractivity contribution >= 4 is 11.9 Å². The van der Waals surface area contributed by atoms with Crippen LogP contribution in [0.15, 0.2) is 72.2 Å². The highest BCUT2D eigenvalue weighted by atomic mass is 16.5. The average Bonchev–Trinajstić information content (AvgIpc) is 2.91. The van der Waals surface area contributed by atoms with Gasteiger partial charge in [-0.25, -0.2) is 9.59 Å². The van der Waals surface area contributed by atoms with Crippen molar-refractivity contribution in [3.05, 3.63) is 77.8 Å². The molecule has 0 aromatic heterocycles. The van der Waals surface area contributed by atoms with Crippen molar-refractivity contribution in [3.63, 3.8) is 0 Å². The lowest BCUT2D eigenvalue weighted by Crippen LogP contribution is -2.05. The molecular weight excluding hydrogens is 372 g/mol. The van der Waals surface area contributed by atoms with Crippen LogP contribution in [0.4, 0.5) is 0 Å². The Morgan fingerprint density at radius 2 is 1.83 bits per heavy atom. The Labute approximate surface area is 171 Å². The predicted octanol–water partition coefficient (Wildman–Crippen LogP) is 4.50. The van der Waals surface area contributed by atoms with E-state index in [1.54, 1.807) is 43.5 Å². The maximum Gasteiger partial charge on any atom is 0.343 e. The number of benzene rings is 1. The van der Waals surface area contributed by atoms with Gasteiger partial charge in [-0.05, 0) is 62.3 Å². The van der Waals surface area contributed by atoms with E-state index in [4.69, 9.17) is 18.9 Å². The highest BCUT2D eigenvalue weighted by Gasteiger charge is 2.12. The largest absolute Gasteiger partial charge is 0.501 e. The Bertz CT molecular complexity index is 814. The summed E-state index contributed by atoms with van der Waals surface area (Å²) in [6.07, 6.45) is 8.60. The van der Waals surface area contributed by atoms with E-state index >= 15 is 0 Å². The molecule has 154 valence electrons. The standard InChI is InChI=1S/C23H26O6/c1-4-22(24)28-14-6-5-13-27-19-9-7-18(8-10-19)23(25)29-21-12-11-20(26-3)15-17(2)16-21/h4,7-12,16H,1,5-6,13-15H2,2-3H3. The molecule has 0 spiro atoms. The molecule has 6 nitrogen and oxygen atoms in total. The van der Waals surface area contributed by atoms with E-state index in [0.29, 0.717) is 43.1 Å². The van der Waals surface area contributed by atoms with Crippen LogP contribution >= 0.6 is 0 Å². The molecule has 0 atom stereocenters. The number of allylic oxidation sites excluding steroid dienone is 4. The van der Waals surface area contributed by atoms with Crippen molar-refractivity contribution in [2.24, 2.45) is 0 Å². The van der Waals surface area contributed by atoms with Crippen LogP contribution in [-0.2, 0) is 19.0 Å². The van der Waals surface area contributed by atoms with Crippen LogP contribution in [0, 0.1) is 0 Å². The third-order valence-corrected chi connectivity index (χ3v) is 4.06. The number of esters is 2. The molecule has 1 aliphatic carbocycles. The lowest BCUT2D eigenvalue weighted by atomic mass is 10.2. The molecule has 2 rings (SSSR count). The SMILES string of the molecule is C=CC(=O)OCCCCOc1ccc(C(=O)OC2=CC=C(OC)CC(C)=C2)cc1. The van der Waals surface area contributed by atoms with E-state index in [-0.39, 0.29) is 0 Å². The maximum absolute atomic E-state index is 12.4. The lowest BCUT2D eigenvalue weighted by Gasteiger charge is -2.08. The second kappa shape index (κ2) is 11.5. The molecule has 29 heavy (non-hydrogen) atoms. The summed E-state index contributed by atoms with van der Waals surface area (Å²) in [5.41, 5.74) is 1.47. The highest BCUT2D eigenvalue weighted by Crippen LogP contribution is 2.20. The van der Waals surface area contributed by atoms with Crippen molar-refractivity contribution in [2.45, 2.75) is 26.2 Å². The molecule has 0 radical (unpaired) electrons. The molecule has 0 unspecified atom stereocenters. The van der Waals surface area contributed by atoms with Crippen molar-refractivity contribution in [1.82, 2.24) is 0 Å². The van der Waals surface area contributed by atoms with Crippen LogP contribution < -0.4 is 4.74 Å².